The number of halogens is 2. The minimum absolute atomic E-state index is 0.0957. The molecular formula is C18H18Cl2N2O2S. The Bertz CT molecular complexity index is 752. The Morgan fingerprint density at radius 2 is 1.92 bits per heavy atom. The molecule has 0 bridgehead atoms. The lowest BCUT2D eigenvalue weighted by Crippen LogP contribution is -2.36. The van der Waals surface area contributed by atoms with Gasteiger partial charge in [0.25, 0.3) is 0 Å². The van der Waals surface area contributed by atoms with E-state index >= 15 is 0 Å². The summed E-state index contributed by atoms with van der Waals surface area (Å²) in [6.07, 6.45) is 0. The van der Waals surface area contributed by atoms with Crippen molar-refractivity contribution in [2.24, 2.45) is 0 Å². The number of hydrogen-bond donors (Lipinski definition) is 1. The highest BCUT2D eigenvalue weighted by atomic mass is 35.5. The Morgan fingerprint density at radius 3 is 2.68 bits per heavy atom. The number of benzene rings is 2. The normalized spacial score (nSPS) is 14.4. The fourth-order valence-corrected chi connectivity index (χ4v) is 3.79. The number of ether oxygens (including phenoxy) is 1. The molecule has 1 aliphatic rings. The smallest absolute Gasteiger partial charge is 0.234 e. The molecule has 1 amide bonds. The summed E-state index contributed by atoms with van der Waals surface area (Å²) in [5, 5.41) is 4.21. The highest BCUT2D eigenvalue weighted by molar-refractivity contribution is 8.00. The zero-order valence-corrected chi connectivity index (χ0v) is 15.8. The molecule has 1 heterocycles. The molecule has 0 radical (unpaired) electrons. The molecule has 132 valence electrons. The molecule has 0 saturated carbocycles. The monoisotopic (exact) mass is 396 g/mol. The predicted molar refractivity (Wildman–Crippen MR) is 105 cm³/mol. The molecular weight excluding hydrogens is 379 g/mol. The minimum atomic E-state index is -0.0957. The second-order valence-corrected chi connectivity index (χ2v) is 7.39. The van der Waals surface area contributed by atoms with Crippen LogP contribution in [0.25, 0.3) is 0 Å². The predicted octanol–water partition coefficient (Wildman–Crippen LogP) is 4.56. The van der Waals surface area contributed by atoms with Crippen molar-refractivity contribution in [1.82, 2.24) is 0 Å². The maximum absolute atomic E-state index is 12.4. The van der Waals surface area contributed by atoms with E-state index in [9.17, 15) is 4.79 Å². The van der Waals surface area contributed by atoms with Crippen molar-refractivity contribution < 1.29 is 9.53 Å². The molecule has 1 saturated heterocycles. The Kier molecular flexibility index (Phi) is 6.48. The molecule has 3 rings (SSSR count). The molecule has 2 aromatic rings. The van der Waals surface area contributed by atoms with Crippen LogP contribution in [0.5, 0.6) is 0 Å². The Balaban J connectivity index is 1.68. The van der Waals surface area contributed by atoms with Crippen LogP contribution in [0, 0.1) is 0 Å². The fraction of sp³-hybridized carbons (Fsp3) is 0.278. The topological polar surface area (TPSA) is 41.6 Å². The second-order valence-electron chi connectivity index (χ2n) is 5.53. The van der Waals surface area contributed by atoms with Gasteiger partial charge in [-0.2, -0.15) is 0 Å². The van der Waals surface area contributed by atoms with Crippen molar-refractivity contribution in [1.29, 1.82) is 0 Å². The molecule has 0 aliphatic carbocycles. The molecule has 0 spiro atoms. The van der Waals surface area contributed by atoms with Crippen molar-refractivity contribution in [3.05, 3.63) is 52.5 Å². The zero-order chi connectivity index (χ0) is 17.6. The quantitative estimate of drug-likeness (QED) is 0.751. The molecule has 1 N–H and O–H groups in total. The van der Waals surface area contributed by atoms with Gasteiger partial charge in [0.1, 0.15) is 0 Å². The molecule has 1 aliphatic heterocycles. The average molecular weight is 397 g/mol. The Hall–Kier alpha value is -1.40. The van der Waals surface area contributed by atoms with Gasteiger partial charge in [-0.25, -0.2) is 0 Å². The van der Waals surface area contributed by atoms with Gasteiger partial charge in [-0.3, -0.25) is 4.79 Å². The van der Waals surface area contributed by atoms with Gasteiger partial charge in [-0.15, -0.1) is 11.8 Å². The molecule has 0 atom stereocenters. The molecule has 1 fully saturated rings. The summed E-state index contributed by atoms with van der Waals surface area (Å²) >= 11 is 13.7. The van der Waals surface area contributed by atoms with E-state index in [2.05, 4.69) is 10.2 Å². The standard InChI is InChI=1S/C18H18Cl2N2O2S/c19-13-5-6-16(22-7-9-24-10-8-22)15(11-13)21-18(23)12-25-17-4-2-1-3-14(17)20/h1-6,11H,7-10,12H2,(H,21,23). The third-order valence-corrected chi connectivity index (χ3v) is 5.53. The average Bonchev–Trinajstić information content (AvgIpc) is 2.62. The first-order valence-electron chi connectivity index (χ1n) is 7.93. The highest BCUT2D eigenvalue weighted by Gasteiger charge is 2.16. The number of nitrogens with zero attached hydrogens (tertiary/aromatic N) is 1. The first-order valence-corrected chi connectivity index (χ1v) is 9.67. The fourth-order valence-electron chi connectivity index (χ4n) is 2.58. The van der Waals surface area contributed by atoms with Gasteiger partial charge in [0.15, 0.2) is 0 Å². The number of rotatable bonds is 5. The van der Waals surface area contributed by atoms with Gasteiger partial charge in [-0.1, -0.05) is 35.3 Å². The van der Waals surface area contributed by atoms with Gasteiger partial charge in [0, 0.05) is 23.0 Å². The third-order valence-electron chi connectivity index (χ3n) is 3.78. The molecule has 7 heteroatoms. The molecule has 0 unspecified atom stereocenters. The number of carbonyl (C=O) groups excluding carboxylic acids is 1. The van der Waals surface area contributed by atoms with Gasteiger partial charge < -0.3 is 15.0 Å². The summed E-state index contributed by atoms with van der Waals surface area (Å²) < 4.78 is 5.39. The zero-order valence-electron chi connectivity index (χ0n) is 13.5. The number of carbonyl (C=O) groups is 1. The molecule has 0 aromatic heterocycles. The van der Waals surface area contributed by atoms with E-state index in [1.165, 1.54) is 11.8 Å². The Labute approximate surface area is 161 Å². The van der Waals surface area contributed by atoms with Crippen LogP contribution in [0.2, 0.25) is 10.0 Å². The van der Waals surface area contributed by atoms with E-state index in [0.717, 1.165) is 29.4 Å². The second kappa shape index (κ2) is 8.81. The summed E-state index contributed by atoms with van der Waals surface area (Å²) in [6.45, 7) is 2.94. The summed E-state index contributed by atoms with van der Waals surface area (Å²) in [4.78, 5) is 15.5. The molecule has 25 heavy (non-hydrogen) atoms. The third kappa shape index (κ3) is 5.05. The van der Waals surface area contributed by atoms with Crippen molar-refractivity contribution in [2.45, 2.75) is 4.90 Å². The largest absolute Gasteiger partial charge is 0.378 e. The van der Waals surface area contributed by atoms with Gasteiger partial charge >= 0.3 is 0 Å². The van der Waals surface area contributed by atoms with Gasteiger partial charge in [0.05, 0.1) is 35.4 Å². The first-order chi connectivity index (χ1) is 12.1. The van der Waals surface area contributed by atoms with Gasteiger partial charge in [0.2, 0.25) is 5.91 Å². The molecule has 2 aromatic carbocycles. The maximum atomic E-state index is 12.4. The number of amides is 1. The lowest BCUT2D eigenvalue weighted by Gasteiger charge is -2.30. The Morgan fingerprint density at radius 1 is 1.16 bits per heavy atom. The van der Waals surface area contributed by atoms with Crippen molar-refractivity contribution in [3.63, 3.8) is 0 Å². The van der Waals surface area contributed by atoms with Crippen molar-refractivity contribution >= 4 is 52.2 Å². The van der Waals surface area contributed by atoms with Gasteiger partial charge in [-0.05, 0) is 30.3 Å². The van der Waals surface area contributed by atoms with Crippen LogP contribution in [-0.4, -0.2) is 38.0 Å². The molecule has 4 nitrogen and oxygen atoms in total. The highest BCUT2D eigenvalue weighted by Crippen LogP contribution is 2.31. The van der Waals surface area contributed by atoms with Crippen LogP contribution >= 0.6 is 35.0 Å². The van der Waals surface area contributed by atoms with E-state index in [4.69, 9.17) is 27.9 Å². The van der Waals surface area contributed by atoms with Crippen LogP contribution in [0.1, 0.15) is 0 Å². The summed E-state index contributed by atoms with van der Waals surface area (Å²) in [5.41, 5.74) is 1.68. The number of hydrogen-bond acceptors (Lipinski definition) is 4. The number of nitrogens with one attached hydrogen (secondary N) is 1. The van der Waals surface area contributed by atoms with E-state index in [1.807, 2.05) is 36.4 Å². The number of morpholine rings is 1. The lowest BCUT2D eigenvalue weighted by atomic mass is 10.2. The lowest BCUT2D eigenvalue weighted by molar-refractivity contribution is -0.113. The van der Waals surface area contributed by atoms with Crippen LogP contribution in [0.3, 0.4) is 0 Å². The van der Waals surface area contributed by atoms with Crippen LogP contribution in [-0.2, 0) is 9.53 Å². The minimum Gasteiger partial charge on any atom is -0.378 e. The number of thioether (sulfide) groups is 1. The van der Waals surface area contributed by atoms with E-state index < -0.39 is 0 Å². The SMILES string of the molecule is O=C(CSc1ccccc1Cl)Nc1cc(Cl)ccc1N1CCOCC1. The maximum Gasteiger partial charge on any atom is 0.234 e. The van der Waals surface area contributed by atoms with Crippen LogP contribution in [0.4, 0.5) is 11.4 Å². The van der Waals surface area contributed by atoms with Crippen molar-refractivity contribution in [3.8, 4) is 0 Å². The van der Waals surface area contributed by atoms with Crippen molar-refractivity contribution in [2.75, 3.05) is 42.3 Å². The summed E-state index contributed by atoms with van der Waals surface area (Å²) in [6, 6.07) is 13.0. The van der Waals surface area contributed by atoms with Crippen LogP contribution < -0.4 is 10.2 Å². The van der Waals surface area contributed by atoms with E-state index in [1.54, 1.807) is 6.07 Å². The number of anilines is 2. The first kappa shape index (κ1) is 18.4. The van der Waals surface area contributed by atoms with E-state index in [0.29, 0.717) is 23.3 Å². The summed E-state index contributed by atoms with van der Waals surface area (Å²) in [7, 11) is 0. The van der Waals surface area contributed by atoms with E-state index in [-0.39, 0.29) is 11.7 Å². The van der Waals surface area contributed by atoms with Crippen LogP contribution in [0.15, 0.2) is 47.4 Å². The summed E-state index contributed by atoms with van der Waals surface area (Å²) in [5.74, 6) is 0.181.